The lowest BCUT2D eigenvalue weighted by Crippen LogP contribution is -2.34. The standard InChI is InChI=1S/C37H30F4N2O3/c38-31-20-28(21-32(39)35(31)41)37(46)43-16-13-22(14-17-43)26-4-1-5-27(19-26)33(15-18-44)42-36(45)25-9-7-24(8-10-25)30-12-11-23-3-2-6-29(23)34(30)40/h1,4-5,7-13,18-21,33H,2-3,6,14-17H2,(H,42,45)/t33-/m0/s1. The fourth-order valence-electron chi connectivity index (χ4n) is 6.19. The van der Waals surface area contributed by atoms with E-state index in [4.69, 9.17) is 0 Å². The SMILES string of the molecule is O=CC[C@H](NC(=O)c1ccc(-c2ccc3c(c2F)CCC3)cc1)c1cccc(C2=CCN(C(=O)c3cc(F)c(F)c(F)c3)CC2)c1. The highest BCUT2D eigenvalue weighted by Crippen LogP contribution is 2.32. The van der Waals surface area contributed by atoms with Crippen molar-refractivity contribution in [3.8, 4) is 11.1 Å². The van der Waals surface area contributed by atoms with Crippen LogP contribution >= 0.6 is 0 Å². The van der Waals surface area contributed by atoms with Gasteiger partial charge in [0.2, 0.25) is 0 Å². The number of carbonyl (C=O) groups excluding carboxylic acids is 3. The third-order valence-electron chi connectivity index (χ3n) is 8.70. The Morgan fingerprint density at radius 2 is 1.59 bits per heavy atom. The summed E-state index contributed by atoms with van der Waals surface area (Å²) < 4.78 is 55.8. The van der Waals surface area contributed by atoms with Crippen LogP contribution in [0.4, 0.5) is 17.6 Å². The molecule has 1 N–H and O–H groups in total. The molecule has 234 valence electrons. The second kappa shape index (κ2) is 13.1. The van der Waals surface area contributed by atoms with Crippen LogP contribution in [0.5, 0.6) is 0 Å². The molecule has 46 heavy (non-hydrogen) atoms. The molecule has 2 amide bonds. The van der Waals surface area contributed by atoms with Crippen LogP contribution in [0.2, 0.25) is 0 Å². The number of hydrogen-bond donors (Lipinski definition) is 1. The van der Waals surface area contributed by atoms with Gasteiger partial charge in [-0.1, -0.05) is 48.5 Å². The zero-order valence-corrected chi connectivity index (χ0v) is 24.8. The first-order valence-electron chi connectivity index (χ1n) is 15.1. The summed E-state index contributed by atoms with van der Waals surface area (Å²) in [5, 5.41) is 2.93. The Balaban J connectivity index is 1.14. The fraction of sp³-hybridized carbons (Fsp3) is 0.216. The summed E-state index contributed by atoms with van der Waals surface area (Å²) in [5.74, 6) is -5.66. The molecule has 6 rings (SSSR count). The predicted molar refractivity (Wildman–Crippen MR) is 166 cm³/mol. The smallest absolute Gasteiger partial charge is 0.254 e. The summed E-state index contributed by atoms with van der Waals surface area (Å²) in [4.78, 5) is 39.0. The van der Waals surface area contributed by atoms with Crippen LogP contribution < -0.4 is 5.32 Å². The molecule has 4 aromatic rings. The average Bonchev–Trinajstić information content (AvgIpc) is 3.57. The molecule has 1 aliphatic carbocycles. The third kappa shape index (κ3) is 6.22. The summed E-state index contributed by atoms with van der Waals surface area (Å²) in [5.41, 5.74) is 5.59. The van der Waals surface area contributed by atoms with Crippen molar-refractivity contribution >= 4 is 23.7 Å². The molecular weight excluding hydrogens is 596 g/mol. The summed E-state index contributed by atoms with van der Waals surface area (Å²) >= 11 is 0. The number of amides is 2. The maximum atomic E-state index is 15.1. The zero-order valence-electron chi connectivity index (χ0n) is 24.8. The molecule has 1 atom stereocenters. The van der Waals surface area contributed by atoms with Crippen LogP contribution in [0.25, 0.3) is 16.7 Å². The summed E-state index contributed by atoms with van der Waals surface area (Å²) in [7, 11) is 0. The van der Waals surface area contributed by atoms with Crippen LogP contribution in [0.15, 0.2) is 78.9 Å². The molecule has 1 heterocycles. The normalized spacial score (nSPS) is 14.8. The van der Waals surface area contributed by atoms with E-state index in [2.05, 4.69) is 5.32 Å². The van der Waals surface area contributed by atoms with E-state index in [0.29, 0.717) is 40.8 Å². The van der Waals surface area contributed by atoms with E-state index in [1.54, 1.807) is 30.3 Å². The molecular formula is C37H30F4N2O3. The van der Waals surface area contributed by atoms with Gasteiger partial charge in [-0.25, -0.2) is 17.6 Å². The molecule has 0 saturated carbocycles. The van der Waals surface area contributed by atoms with Gasteiger partial charge in [-0.05, 0) is 89.4 Å². The predicted octanol–water partition coefficient (Wildman–Crippen LogP) is 7.39. The van der Waals surface area contributed by atoms with Gasteiger partial charge in [0.25, 0.3) is 11.8 Å². The Morgan fingerprint density at radius 1 is 0.826 bits per heavy atom. The highest BCUT2D eigenvalue weighted by molar-refractivity contribution is 5.95. The van der Waals surface area contributed by atoms with Gasteiger partial charge in [0.15, 0.2) is 17.5 Å². The van der Waals surface area contributed by atoms with Gasteiger partial charge < -0.3 is 15.0 Å². The molecule has 9 heteroatoms. The minimum absolute atomic E-state index is 0.0414. The first-order chi connectivity index (χ1) is 22.2. The monoisotopic (exact) mass is 626 g/mol. The molecule has 4 aromatic carbocycles. The number of fused-ring (bicyclic) bond motifs is 1. The first-order valence-corrected chi connectivity index (χ1v) is 15.1. The van der Waals surface area contributed by atoms with Crippen molar-refractivity contribution in [1.82, 2.24) is 10.2 Å². The van der Waals surface area contributed by atoms with Crippen molar-refractivity contribution in [2.45, 2.75) is 38.1 Å². The Labute approximate surface area is 263 Å². The van der Waals surface area contributed by atoms with E-state index in [0.717, 1.165) is 47.8 Å². The van der Waals surface area contributed by atoms with Gasteiger partial charge in [0, 0.05) is 36.2 Å². The molecule has 5 nitrogen and oxygen atoms in total. The number of nitrogens with zero attached hydrogens (tertiary/aromatic N) is 1. The summed E-state index contributed by atoms with van der Waals surface area (Å²) in [6.45, 7) is 0.453. The molecule has 0 radical (unpaired) electrons. The Kier molecular flexibility index (Phi) is 8.83. The Morgan fingerprint density at radius 3 is 2.28 bits per heavy atom. The van der Waals surface area contributed by atoms with E-state index >= 15 is 4.39 Å². The van der Waals surface area contributed by atoms with E-state index < -0.39 is 29.4 Å². The van der Waals surface area contributed by atoms with Crippen molar-refractivity contribution in [3.63, 3.8) is 0 Å². The number of carbonyl (C=O) groups is 3. The second-order valence-electron chi connectivity index (χ2n) is 11.5. The van der Waals surface area contributed by atoms with Crippen LogP contribution in [-0.2, 0) is 17.6 Å². The van der Waals surface area contributed by atoms with Crippen molar-refractivity contribution in [2.24, 2.45) is 0 Å². The van der Waals surface area contributed by atoms with Gasteiger partial charge in [-0.15, -0.1) is 0 Å². The van der Waals surface area contributed by atoms with Gasteiger partial charge in [0.05, 0.1) is 6.04 Å². The van der Waals surface area contributed by atoms with E-state index in [-0.39, 0.29) is 36.8 Å². The number of halogens is 4. The van der Waals surface area contributed by atoms with Crippen molar-refractivity contribution in [2.75, 3.05) is 13.1 Å². The molecule has 1 aliphatic heterocycles. The number of benzene rings is 4. The van der Waals surface area contributed by atoms with Gasteiger partial charge in [-0.2, -0.15) is 0 Å². The van der Waals surface area contributed by atoms with Crippen LogP contribution in [0.1, 0.15) is 68.3 Å². The van der Waals surface area contributed by atoms with Crippen LogP contribution in [-0.4, -0.2) is 36.1 Å². The average molecular weight is 627 g/mol. The van der Waals surface area contributed by atoms with Crippen LogP contribution in [0, 0.1) is 23.3 Å². The molecule has 0 unspecified atom stereocenters. The maximum Gasteiger partial charge on any atom is 0.254 e. The highest BCUT2D eigenvalue weighted by atomic mass is 19.2. The Hall–Kier alpha value is -5.05. The van der Waals surface area contributed by atoms with Crippen molar-refractivity contribution in [3.05, 3.63) is 136 Å². The quantitative estimate of drug-likeness (QED) is 0.126. The van der Waals surface area contributed by atoms with E-state index in [1.807, 2.05) is 36.4 Å². The molecule has 0 fully saturated rings. The number of rotatable bonds is 8. The number of aldehydes is 1. The minimum atomic E-state index is -1.62. The molecule has 0 bridgehead atoms. The van der Waals surface area contributed by atoms with Crippen molar-refractivity contribution < 1.29 is 31.9 Å². The van der Waals surface area contributed by atoms with Gasteiger partial charge in [0.1, 0.15) is 12.1 Å². The topological polar surface area (TPSA) is 66.5 Å². The maximum absolute atomic E-state index is 15.1. The summed E-state index contributed by atoms with van der Waals surface area (Å²) in [6, 6.07) is 18.6. The second-order valence-corrected chi connectivity index (χ2v) is 11.5. The van der Waals surface area contributed by atoms with E-state index in [1.165, 1.54) is 4.90 Å². The fourth-order valence-corrected chi connectivity index (χ4v) is 6.19. The van der Waals surface area contributed by atoms with Gasteiger partial charge in [-0.3, -0.25) is 9.59 Å². The summed E-state index contributed by atoms with van der Waals surface area (Å²) in [6.07, 6.45) is 5.62. The Bertz CT molecular complexity index is 1850. The van der Waals surface area contributed by atoms with Crippen LogP contribution in [0.3, 0.4) is 0 Å². The highest BCUT2D eigenvalue weighted by Gasteiger charge is 2.24. The lowest BCUT2D eigenvalue weighted by molar-refractivity contribution is -0.108. The number of nitrogens with one attached hydrogen (secondary N) is 1. The lowest BCUT2D eigenvalue weighted by Gasteiger charge is -2.27. The number of hydrogen-bond acceptors (Lipinski definition) is 3. The third-order valence-corrected chi connectivity index (χ3v) is 8.70. The largest absolute Gasteiger partial charge is 0.345 e. The molecule has 0 aromatic heterocycles. The van der Waals surface area contributed by atoms with Gasteiger partial charge >= 0.3 is 0 Å². The molecule has 0 saturated heterocycles. The molecule has 0 spiro atoms. The first kappa shape index (κ1) is 31.0. The zero-order chi connectivity index (χ0) is 32.4. The van der Waals surface area contributed by atoms with E-state index in [9.17, 15) is 27.6 Å². The van der Waals surface area contributed by atoms with Crippen molar-refractivity contribution in [1.29, 1.82) is 0 Å². The lowest BCUT2D eigenvalue weighted by atomic mass is 9.94. The molecule has 2 aliphatic rings. The number of aryl methyl sites for hydroxylation is 1. The minimum Gasteiger partial charge on any atom is -0.345 e.